The molecule has 0 spiro atoms. The Kier molecular flexibility index (Phi) is 9.96. The third-order valence-corrected chi connectivity index (χ3v) is 11.5. The summed E-state index contributed by atoms with van der Waals surface area (Å²) in [5, 5.41) is 9.07. The molecule has 0 bridgehead atoms. The van der Waals surface area contributed by atoms with Gasteiger partial charge in [-0.25, -0.2) is 0 Å². The minimum atomic E-state index is -1.15. The molecule has 6 heteroatoms. The van der Waals surface area contributed by atoms with Gasteiger partial charge in [-0.3, -0.25) is 0 Å². The average Bonchev–Trinajstić information content (AvgIpc) is 2.80. The number of hydrogen-bond acceptors (Lipinski definition) is 5. The Morgan fingerprint density at radius 2 is 1.56 bits per heavy atom. The van der Waals surface area contributed by atoms with E-state index in [1.165, 1.54) is 11.1 Å². The summed E-state index contributed by atoms with van der Waals surface area (Å²) in [4.78, 5) is 0. The molecule has 0 aromatic heterocycles. The first-order valence-corrected chi connectivity index (χ1v) is 14.9. The van der Waals surface area contributed by atoms with E-state index in [1.54, 1.807) is 0 Å². The second-order valence-corrected chi connectivity index (χ2v) is 13.1. The molecule has 0 radical (unpaired) electrons. The molecule has 1 fully saturated rings. The summed E-state index contributed by atoms with van der Waals surface area (Å²) in [5.74, 6) is 1.93. The molecule has 0 saturated carbocycles. The normalized spacial score (nSPS) is 19.2. The standard InChI is InChI=1S/C26H34NO2PS2/c1-20(2)25(21(3)4)30(28-18-11-17-27)29-24-16-19-31-32-26(24,22-12-7-5-8-13-22)23-14-9-6-10-15-23/h5-10,12-15,20-21,24-25H,11,16,18-19H2,1-4H3. The maximum Gasteiger partial charge on any atom is 0.174 e. The van der Waals surface area contributed by atoms with Crippen molar-refractivity contribution in [3.63, 3.8) is 0 Å². The van der Waals surface area contributed by atoms with E-state index in [-0.39, 0.29) is 10.9 Å². The van der Waals surface area contributed by atoms with E-state index in [1.807, 2.05) is 21.6 Å². The van der Waals surface area contributed by atoms with Gasteiger partial charge in [0.15, 0.2) is 8.38 Å². The maximum atomic E-state index is 9.07. The molecule has 0 aliphatic carbocycles. The molecule has 0 amide bonds. The monoisotopic (exact) mass is 487 g/mol. The highest BCUT2D eigenvalue weighted by Crippen LogP contribution is 2.61. The van der Waals surface area contributed by atoms with Gasteiger partial charge in [-0.15, -0.1) is 0 Å². The van der Waals surface area contributed by atoms with Gasteiger partial charge in [-0.2, -0.15) is 5.26 Å². The van der Waals surface area contributed by atoms with Gasteiger partial charge in [0, 0.05) is 11.4 Å². The minimum Gasteiger partial charge on any atom is -0.333 e. The first kappa shape index (κ1) is 25.6. The second kappa shape index (κ2) is 12.4. The summed E-state index contributed by atoms with van der Waals surface area (Å²) in [6.07, 6.45) is 1.35. The number of nitrogens with zero attached hydrogens (tertiary/aromatic N) is 1. The van der Waals surface area contributed by atoms with Crippen LogP contribution >= 0.6 is 30.0 Å². The Labute approximate surface area is 203 Å². The smallest absolute Gasteiger partial charge is 0.174 e. The molecule has 32 heavy (non-hydrogen) atoms. The van der Waals surface area contributed by atoms with E-state index in [9.17, 15) is 0 Å². The van der Waals surface area contributed by atoms with Crippen LogP contribution in [-0.2, 0) is 13.8 Å². The van der Waals surface area contributed by atoms with Crippen molar-refractivity contribution < 1.29 is 9.05 Å². The second-order valence-electron chi connectivity index (χ2n) is 8.76. The molecule has 2 atom stereocenters. The average molecular weight is 488 g/mol. The molecule has 2 aromatic carbocycles. The van der Waals surface area contributed by atoms with Crippen LogP contribution in [0.5, 0.6) is 0 Å². The van der Waals surface area contributed by atoms with Gasteiger partial charge in [-0.1, -0.05) is 110 Å². The zero-order valence-electron chi connectivity index (χ0n) is 19.4. The van der Waals surface area contributed by atoms with E-state index < -0.39 is 8.38 Å². The molecule has 1 heterocycles. The largest absolute Gasteiger partial charge is 0.333 e. The van der Waals surface area contributed by atoms with Crippen LogP contribution < -0.4 is 0 Å². The van der Waals surface area contributed by atoms with Crippen LogP contribution in [0.1, 0.15) is 51.7 Å². The van der Waals surface area contributed by atoms with Crippen molar-refractivity contribution in [2.24, 2.45) is 11.8 Å². The van der Waals surface area contributed by atoms with Crippen molar-refractivity contribution in [3.05, 3.63) is 71.8 Å². The van der Waals surface area contributed by atoms with Gasteiger partial charge >= 0.3 is 0 Å². The van der Waals surface area contributed by atoms with Gasteiger partial charge in [0.05, 0.1) is 25.2 Å². The third kappa shape index (κ3) is 5.91. The molecule has 1 aliphatic heterocycles. The summed E-state index contributed by atoms with van der Waals surface area (Å²) < 4.78 is 13.1. The van der Waals surface area contributed by atoms with Crippen molar-refractivity contribution >= 4 is 30.0 Å². The Hall–Kier alpha value is -1.02. The van der Waals surface area contributed by atoms with Gasteiger partial charge in [0.25, 0.3) is 0 Å². The molecule has 1 saturated heterocycles. The lowest BCUT2D eigenvalue weighted by Crippen LogP contribution is -2.42. The van der Waals surface area contributed by atoms with Crippen molar-refractivity contribution in [1.82, 2.24) is 0 Å². The summed E-state index contributed by atoms with van der Waals surface area (Å²) in [5.41, 5.74) is 2.85. The van der Waals surface area contributed by atoms with Crippen LogP contribution in [0.15, 0.2) is 60.7 Å². The first-order chi connectivity index (χ1) is 15.5. The summed E-state index contributed by atoms with van der Waals surface area (Å²) in [6, 6.07) is 23.7. The van der Waals surface area contributed by atoms with Crippen LogP contribution in [0.2, 0.25) is 0 Å². The van der Waals surface area contributed by atoms with Crippen LogP contribution in [-0.4, -0.2) is 24.1 Å². The lowest BCUT2D eigenvalue weighted by atomic mass is 9.84. The van der Waals surface area contributed by atoms with E-state index in [0.717, 1.165) is 12.2 Å². The molecule has 2 unspecified atom stereocenters. The van der Waals surface area contributed by atoms with E-state index >= 15 is 0 Å². The number of hydrogen-bond donors (Lipinski definition) is 0. The molecular formula is C26H34NO2PS2. The molecule has 1 aliphatic rings. The fraction of sp³-hybridized carbons (Fsp3) is 0.500. The molecule has 3 nitrogen and oxygen atoms in total. The van der Waals surface area contributed by atoms with Crippen molar-refractivity contribution in [2.45, 2.75) is 57.0 Å². The Balaban J connectivity index is 2.03. The number of rotatable bonds is 10. The topological polar surface area (TPSA) is 42.2 Å². The maximum absolute atomic E-state index is 9.07. The van der Waals surface area contributed by atoms with Crippen molar-refractivity contribution in [1.29, 1.82) is 5.26 Å². The van der Waals surface area contributed by atoms with Gasteiger partial charge < -0.3 is 9.05 Å². The van der Waals surface area contributed by atoms with Crippen LogP contribution in [0, 0.1) is 23.2 Å². The summed E-state index contributed by atoms with van der Waals surface area (Å²) >= 11 is 0. The van der Waals surface area contributed by atoms with Gasteiger partial charge in [0.2, 0.25) is 0 Å². The predicted molar refractivity (Wildman–Crippen MR) is 140 cm³/mol. The van der Waals surface area contributed by atoms with Crippen molar-refractivity contribution in [2.75, 3.05) is 12.4 Å². The zero-order chi connectivity index (χ0) is 23.0. The van der Waals surface area contributed by atoms with Gasteiger partial charge in [0.1, 0.15) is 4.75 Å². The Bertz CT molecular complexity index is 810. The molecular weight excluding hydrogens is 453 g/mol. The summed E-state index contributed by atoms with van der Waals surface area (Å²) in [6.45, 7) is 9.44. The molecule has 0 N–H and O–H groups in total. The van der Waals surface area contributed by atoms with Crippen molar-refractivity contribution in [3.8, 4) is 6.07 Å². The highest BCUT2D eigenvalue weighted by Gasteiger charge is 2.48. The van der Waals surface area contributed by atoms with Crippen LogP contribution in [0.3, 0.4) is 0 Å². The van der Waals surface area contributed by atoms with Gasteiger partial charge in [-0.05, 0) is 29.4 Å². The van der Waals surface area contributed by atoms with Crippen LogP contribution in [0.4, 0.5) is 0 Å². The number of nitriles is 1. The third-order valence-electron chi connectivity index (χ3n) is 5.79. The fourth-order valence-corrected chi connectivity index (χ4v) is 9.95. The summed E-state index contributed by atoms with van der Waals surface area (Å²) in [7, 11) is 2.69. The molecule has 2 aromatic rings. The quantitative estimate of drug-likeness (QED) is 0.193. The predicted octanol–water partition coefficient (Wildman–Crippen LogP) is 8.02. The fourth-order valence-electron chi connectivity index (χ4n) is 4.43. The lowest BCUT2D eigenvalue weighted by Gasteiger charge is -2.45. The molecule has 172 valence electrons. The van der Waals surface area contributed by atoms with E-state index in [0.29, 0.717) is 30.5 Å². The molecule has 3 rings (SSSR count). The lowest BCUT2D eigenvalue weighted by molar-refractivity contribution is 0.141. The number of benzene rings is 2. The van der Waals surface area contributed by atoms with E-state index in [2.05, 4.69) is 94.4 Å². The Morgan fingerprint density at radius 3 is 2.06 bits per heavy atom. The highest BCUT2D eigenvalue weighted by atomic mass is 33.1. The SMILES string of the molecule is CC(C)C(C(C)C)P(OCCC#N)OC1CCSSC1(c1ccccc1)c1ccccc1. The van der Waals surface area contributed by atoms with Crippen LogP contribution in [0.25, 0.3) is 0 Å². The zero-order valence-corrected chi connectivity index (χ0v) is 22.0. The minimum absolute atomic E-state index is 0.00764. The highest BCUT2D eigenvalue weighted by molar-refractivity contribution is 8.77. The Morgan fingerprint density at radius 1 is 1.00 bits per heavy atom. The first-order valence-electron chi connectivity index (χ1n) is 11.4. The van der Waals surface area contributed by atoms with E-state index in [4.69, 9.17) is 14.3 Å².